The number of ether oxygens (including phenoxy) is 1. The molecular weight excluding hydrogens is 500 g/mol. The number of hydrogen-bond acceptors (Lipinski definition) is 6. The van der Waals surface area contributed by atoms with Crippen molar-refractivity contribution in [2.24, 2.45) is 5.73 Å². The van der Waals surface area contributed by atoms with E-state index in [0.717, 1.165) is 74.9 Å². The van der Waals surface area contributed by atoms with Crippen LogP contribution < -0.4 is 16.2 Å². The Morgan fingerprint density at radius 2 is 1.65 bits per heavy atom. The lowest BCUT2D eigenvalue weighted by atomic mass is 10.0. The minimum atomic E-state index is -0.502. The molecule has 6 rings (SSSR count). The number of nitrogens with zero attached hydrogens (tertiary/aromatic N) is 4. The summed E-state index contributed by atoms with van der Waals surface area (Å²) in [4.78, 5) is 26.3. The summed E-state index contributed by atoms with van der Waals surface area (Å²) < 4.78 is 7.60. The number of nitrogen functional groups attached to an aromatic ring is 1. The number of fused-ring (bicyclic) bond motifs is 4. The van der Waals surface area contributed by atoms with Gasteiger partial charge in [0.25, 0.3) is 5.91 Å². The second-order valence-corrected chi connectivity index (χ2v) is 9.93. The molecule has 4 N–H and O–H groups in total. The van der Waals surface area contributed by atoms with E-state index < -0.39 is 5.91 Å². The molecule has 1 amide bonds. The number of unbranched alkanes of at least 4 members (excludes halogenated alkanes) is 1. The highest BCUT2D eigenvalue weighted by molar-refractivity contribution is 6.06. The molecule has 200 valence electrons. The van der Waals surface area contributed by atoms with Crippen LogP contribution in [0.2, 0.25) is 0 Å². The van der Waals surface area contributed by atoms with Crippen molar-refractivity contribution < 1.29 is 9.53 Å². The molecule has 0 aliphatic carbocycles. The SMILES string of the molecule is COc1ccc(Cc2nc3c(N)nc4ccccc4c3n2CCCCc2cc3ccccc3nc2C(N)=O)cc1. The molecule has 0 aliphatic heterocycles. The fourth-order valence-corrected chi connectivity index (χ4v) is 5.36. The molecule has 0 aliphatic rings. The Balaban J connectivity index is 1.32. The van der Waals surface area contributed by atoms with Gasteiger partial charge in [-0.1, -0.05) is 48.5 Å². The number of methoxy groups -OCH3 is 1. The summed E-state index contributed by atoms with van der Waals surface area (Å²) in [7, 11) is 1.66. The number of carbonyl (C=O) groups excluding carboxylic acids is 1. The number of hydrogen-bond donors (Lipinski definition) is 2. The van der Waals surface area contributed by atoms with Crippen LogP contribution in [0.15, 0.2) is 78.9 Å². The van der Waals surface area contributed by atoms with Crippen LogP contribution in [0.1, 0.15) is 40.3 Å². The first-order valence-corrected chi connectivity index (χ1v) is 13.4. The highest BCUT2D eigenvalue weighted by Crippen LogP contribution is 2.30. The smallest absolute Gasteiger partial charge is 0.267 e. The van der Waals surface area contributed by atoms with Crippen LogP contribution in [-0.4, -0.2) is 32.5 Å². The van der Waals surface area contributed by atoms with E-state index in [1.807, 2.05) is 60.7 Å². The average molecular weight is 531 g/mol. The van der Waals surface area contributed by atoms with E-state index in [1.165, 1.54) is 0 Å². The Hall–Kier alpha value is -4.98. The molecule has 8 nitrogen and oxygen atoms in total. The van der Waals surface area contributed by atoms with Gasteiger partial charge in [-0.05, 0) is 60.7 Å². The van der Waals surface area contributed by atoms with Crippen molar-refractivity contribution >= 4 is 44.6 Å². The van der Waals surface area contributed by atoms with Crippen molar-refractivity contribution in [1.82, 2.24) is 19.5 Å². The Morgan fingerprint density at radius 1 is 0.900 bits per heavy atom. The zero-order valence-corrected chi connectivity index (χ0v) is 22.3. The van der Waals surface area contributed by atoms with Crippen LogP contribution >= 0.6 is 0 Å². The van der Waals surface area contributed by atoms with Gasteiger partial charge in [0.1, 0.15) is 22.8 Å². The standard InChI is InChI=1S/C32H30N6O2/c1-40-23-15-13-20(14-16-23)18-27-37-29-30(24-10-3-5-12-26(24)36-31(29)33)38(27)17-7-6-9-22-19-21-8-2-4-11-25(21)35-28(22)32(34)39/h2-5,8,10-16,19H,6-7,9,17-18H2,1H3,(H2,33,36)(H2,34,39). The number of carbonyl (C=O) groups is 1. The number of rotatable bonds is 9. The maximum absolute atomic E-state index is 12.2. The van der Waals surface area contributed by atoms with E-state index in [0.29, 0.717) is 24.4 Å². The lowest BCUT2D eigenvalue weighted by molar-refractivity contribution is 0.0995. The first-order valence-electron chi connectivity index (χ1n) is 13.4. The lowest BCUT2D eigenvalue weighted by Gasteiger charge is -2.12. The van der Waals surface area contributed by atoms with Crippen molar-refractivity contribution in [3.8, 4) is 5.75 Å². The van der Waals surface area contributed by atoms with Gasteiger partial charge < -0.3 is 20.8 Å². The van der Waals surface area contributed by atoms with Crippen molar-refractivity contribution in [2.75, 3.05) is 12.8 Å². The van der Waals surface area contributed by atoms with E-state index in [1.54, 1.807) is 7.11 Å². The minimum absolute atomic E-state index is 0.344. The topological polar surface area (TPSA) is 122 Å². The van der Waals surface area contributed by atoms with Gasteiger partial charge in [-0.15, -0.1) is 0 Å². The number of amides is 1. The van der Waals surface area contributed by atoms with Crippen LogP contribution in [0.25, 0.3) is 32.8 Å². The molecule has 6 aromatic rings. The summed E-state index contributed by atoms with van der Waals surface area (Å²) in [5.41, 5.74) is 17.8. The van der Waals surface area contributed by atoms with Crippen LogP contribution in [0.3, 0.4) is 0 Å². The molecule has 0 fully saturated rings. The normalized spacial score (nSPS) is 11.4. The summed E-state index contributed by atoms with van der Waals surface area (Å²) >= 11 is 0. The molecule has 0 unspecified atom stereocenters. The monoisotopic (exact) mass is 530 g/mol. The predicted octanol–water partition coefficient (Wildman–Crippen LogP) is 5.44. The van der Waals surface area contributed by atoms with Gasteiger partial charge >= 0.3 is 0 Å². The lowest BCUT2D eigenvalue weighted by Crippen LogP contribution is -2.16. The number of aryl methyl sites for hydroxylation is 2. The van der Waals surface area contributed by atoms with Crippen molar-refractivity contribution in [2.45, 2.75) is 32.2 Å². The Kier molecular flexibility index (Phi) is 6.74. The molecule has 3 aromatic heterocycles. The van der Waals surface area contributed by atoms with Gasteiger partial charge in [0.15, 0.2) is 5.82 Å². The predicted molar refractivity (Wildman–Crippen MR) is 158 cm³/mol. The van der Waals surface area contributed by atoms with E-state index in [-0.39, 0.29) is 0 Å². The van der Waals surface area contributed by atoms with Crippen molar-refractivity contribution in [3.63, 3.8) is 0 Å². The van der Waals surface area contributed by atoms with Crippen LogP contribution in [0, 0.1) is 0 Å². The summed E-state index contributed by atoms with van der Waals surface area (Å²) in [6.45, 7) is 0.738. The Morgan fingerprint density at radius 3 is 2.42 bits per heavy atom. The van der Waals surface area contributed by atoms with Crippen LogP contribution in [-0.2, 0) is 19.4 Å². The third kappa shape index (κ3) is 4.80. The first-order chi connectivity index (χ1) is 19.5. The first kappa shape index (κ1) is 25.3. The molecule has 3 aromatic carbocycles. The van der Waals surface area contributed by atoms with Gasteiger partial charge in [0, 0.05) is 23.7 Å². The van der Waals surface area contributed by atoms with Gasteiger partial charge in [0.2, 0.25) is 0 Å². The molecule has 0 atom stereocenters. The molecule has 0 bridgehead atoms. The third-order valence-electron chi connectivity index (χ3n) is 7.32. The zero-order chi connectivity index (χ0) is 27.6. The maximum Gasteiger partial charge on any atom is 0.267 e. The molecule has 8 heteroatoms. The summed E-state index contributed by atoms with van der Waals surface area (Å²) in [6.07, 6.45) is 3.05. The number of nitrogens with two attached hydrogens (primary N) is 2. The Labute approximate surface area is 231 Å². The van der Waals surface area contributed by atoms with Crippen molar-refractivity contribution in [1.29, 1.82) is 0 Å². The van der Waals surface area contributed by atoms with Crippen molar-refractivity contribution in [3.05, 3.63) is 102 Å². The molecular formula is C32H30N6O2. The molecule has 0 radical (unpaired) electrons. The van der Waals surface area contributed by atoms with Gasteiger partial charge in [-0.3, -0.25) is 4.79 Å². The van der Waals surface area contributed by atoms with Crippen LogP contribution in [0.5, 0.6) is 5.75 Å². The molecule has 3 heterocycles. The number of anilines is 1. The zero-order valence-electron chi connectivity index (χ0n) is 22.3. The van der Waals surface area contributed by atoms with E-state index >= 15 is 0 Å². The largest absolute Gasteiger partial charge is 0.497 e. The number of aromatic nitrogens is 4. The second kappa shape index (κ2) is 10.6. The maximum atomic E-state index is 12.2. The van der Waals surface area contributed by atoms with E-state index in [9.17, 15) is 4.79 Å². The quantitative estimate of drug-likeness (QED) is 0.240. The summed E-state index contributed by atoms with van der Waals surface area (Å²) in [6, 6.07) is 25.9. The molecule has 0 saturated carbocycles. The van der Waals surface area contributed by atoms with Gasteiger partial charge in [-0.2, -0.15) is 0 Å². The number of primary amides is 1. The third-order valence-corrected chi connectivity index (χ3v) is 7.32. The fourth-order valence-electron chi connectivity index (χ4n) is 5.36. The van der Waals surface area contributed by atoms with Gasteiger partial charge in [0.05, 0.1) is 23.7 Å². The average Bonchev–Trinajstić information content (AvgIpc) is 3.34. The van der Waals surface area contributed by atoms with Gasteiger partial charge in [-0.25, -0.2) is 15.0 Å². The number of benzene rings is 3. The second-order valence-electron chi connectivity index (χ2n) is 9.93. The minimum Gasteiger partial charge on any atom is -0.497 e. The molecule has 0 saturated heterocycles. The van der Waals surface area contributed by atoms with Crippen LogP contribution in [0.4, 0.5) is 5.82 Å². The number of pyridine rings is 2. The highest BCUT2D eigenvalue weighted by Gasteiger charge is 2.18. The molecule has 0 spiro atoms. The fraction of sp³-hybridized carbons (Fsp3) is 0.188. The van der Waals surface area contributed by atoms with E-state index in [2.05, 4.69) is 32.7 Å². The number of para-hydroxylation sites is 2. The summed E-state index contributed by atoms with van der Waals surface area (Å²) in [5, 5.41) is 2.02. The Bertz CT molecular complexity index is 1860. The van der Waals surface area contributed by atoms with E-state index in [4.69, 9.17) is 21.2 Å². The summed E-state index contributed by atoms with van der Waals surface area (Å²) in [5.74, 6) is 1.67. The molecule has 40 heavy (non-hydrogen) atoms. The number of imidazole rings is 1. The highest BCUT2D eigenvalue weighted by atomic mass is 16.5.